The highest BCUT2D eigenvalue weighted by Gasteiger charge is 2.08. The Hall–Kier alpha value is -1.06. The van der Waals surface area contributed by atoms with Crippen LogP contribution < -0.4 is 10.1 Å². The Morgan fingerprint density at radius 1 is 1.04 bits per heavy atom. The molecule has 0 aliphatic rings. The Kier molecular flexibility index (Phi) is 10.8. The summed E-state index contributed by atoms with van der Waals surface area (Å²) in [6.07, 6.45) is 7.58. The standard InChI is InChI=1S/C20H35NO2/c1-4-6-8-9-17(3)21-16-19(22)15-18-10-12-20(13-11-18)23-14-7-5-2/h10-13,17,19,21-22H,4-9,14-16H2,1-3H3/t17-,19-/m1/s1. The molecule has 0 fully saturated rings. The van der Waals surface area contributed by atoms with E-state index in [0.717, 1.165) is 30.8 Å². The van der Waals surface area contributed by atoms with Crippen molar-refractivity contribution >= 4 is 0 Å². The monoisotopic (exact) mass is 321 g/mol. The second kappa shape index (κ2) is 12.4. The van der Waals surface area contributed by atoms with Crippen LogP contribution in [0.3, 0.4) is 0 Å². The van der Waals surface area contributed by atoms with E-state index in [4.69, 9.17) is 4.74 Å². The molecule has 0 aliphatic heterocycles. The molecule has 132 valence electrons. The fourth-order valence-electron chi connectivity index (χ4n) is 2.54. The van der Waals surface area contributed by atoms with E-state index in [9.17, 15) is 5.11 Å². The van der Waals surface area contributed by atoms with Gasteiger partial charge < -0.3 is 15.2 Å². The summed E-state index contributed by atoms with van der Waals surface area (Å²) in [6.45, 7) is 8.01. The molecule has 3 nitrogen and oxygen atoms in total. The average Bonchev–Trinajstić information content (AvgIpc) is 2.55. The van der Waals surface area contributed by atoms with Crippen LogP contribution in [0.4, 0.5) is 0 Å². The molecule has 0 saturated heterocycles. The summed E-state index contributed by atoms with van der Waals surface area (Å²) in [5.74, 6) is 0.916. The molecular formula is C20H35NO2. The predicted octanol–water partition coefficient (Wildman–Crippen LogP) is 4.33. The molecule has 0 aromatic heterocycles. The molecule has 1 aromatic rings. The number of benzene rings is 1. The van der Waals surface area contributed by atoms with E-state index < -0.39 is 0 Å². The fraction of sp³-hybridized carbons (Fsp3) is 0.700. The fourth-order valence-corrected chi connectivity index (χ4v) is 2.54. The Morgan fingerprint density at radius 3 is 2.39 bits per heavy atom. The maximum Gasteiger partial charge on any atom is 0.119 e. The molecule has 2 atom stereocenters. The van der Waals surface area contributed by atoms with Crippen molar-refractivity contribution in [2.24, 2.45) is 0 Å². The van der Waals surface area contributed by atoms with Crippen LogP contribution >= 0.6 is 0 Å². The Balaban J connectivity index is 2.24. The number of rotatable bonds is 13. The van der Waals surface area contributed by atoms with Gasteiger partial charge in [0.2, 0.25) is 0 Å². The van der Waals surface area contributed by atoms with Crippen LogP contribution in [-0.4, -0.2) is 30.4 Å². The number of unbranched alkanes of at least 4 members (excludes halogenated alkanes) is 3. The largest absolute Gasteiger partial charge is 0.494 e. The molecule has 0 amide bonds. The van der Waals surface area contributed by atoms with Gasteiger partial charge in [-0.25, -0.2) is 0 Å². The molecule has 0 heterocycles. The molecule has 23 heavy (non-hydrogen) atoms. The number of hydrogen-bond donors (Lipinski definition) is 2. The molecule has 0 bridgehead atoms. The maximum absolute atomic E-state index is 10.2. The van der Waals surface area contributed by atoms with Crippen molar-refractivity contribution in [3.63, 3.8) is 0 Å². The minimum absolute atomic E-state index is 0.338. The lowest BCUT2D eigenvalue weighted by Gasteiger charge is -2.17. The number of hydrogen-bond acceptors (Lipinski definition) is 3. The smallest absolute Gasteiger partial charge is 0.119 e. The normalized spacial score (nSPS) is 13.7. The van der Waals surface area contributed by atoms with Gasteiger partial charge in [0.1, 0.15) is 5.75 Å². The van der Waals surface area contributed by atoms with Crippen LogP contribution in [0.1, 0.15) is 64.9 Å². The molecule has 0 aliphatic carbocycles. The van der Waals surface area contributed by atoms with Crippen molar-refractivity contribution in [2.45, 2.75) is 77.9 Å². The Labute approximate surface area is 142 Å². The topological polar surface area (TPSA) is 41.5 Å². The van der Waals surface area contributed by atoms with Crippen LogP contribution in [-0.2, 0) is 6.42 Å². The summed E-state index contributed by atoms with van der Waals surface area (Å²) >= 11 is 0. The van der Waals surface area contributed by atoms with Gasteiger partial charge in [-0.1, -0.05) is 51.7 Å². The zero-order chi connectivity index (χ0) is 16.9. The number of aliphatic hydroxyl groups is 1. The minimum Gasteiger partial charge on any atom is -0.494 e. The van der Waals surface area contributed by atoms with Gasteiger partial charge in [-0.2, -0.15) is 0 Å². The van der Waals surface area contributed by atoms with Crippen molar-refractivity contribution in [2.75, 3.05) is 13.2 Å². The van der Waals surface area contributed by atoms with Gasteiger partial charge in [-0.15, -0.1) is 0 Å². The minimum atomic E-state index is -0.338. The summed E-state index contributed by atoms with van der Waals surface area (Å²) in [5, 5.41) is 13.6. The first-order valence-corrected chi connectivity index (χ1v) is 9.28. The summed E-state index contributed by atoms with van der Waals surface area (Å²) in [5.41, 5.74) is 1.15. The molecule has 0 spiro atoms. The van der Waals surface area contributed by atoms with Crippen LogP contribution in [0.25, 0.3) is 0 Å². The first-order valence-electron chi connectivity index (χ1n) is 9.28. The zero-order valence-electron chi connectivity index (χ0n) is 15.2. The lowest BCUT2D eigenvalue weighted by Crippen LogP contribution is -2.34. The quantitative estimate of drug-likeness (QED) is 0.531. The number of nitrogens with one attached hydrogen (secondary N) is 1. The van der Waals surface area contributed by atoms with Crippen molar-refractivity contribution in [1.82, 2.24) is 5.32 Å². The lowest BCUT2D eigenvalue weighted by molar-refractivity contribution is 0.167. The highest BCUT2D eigenvalue weighted by Crippen LogP contribution is 2.14. The van der Waals surface area contributed by atoms with Crippen LogP contribution in [0.5, 0.6) is 5.75 Å². The van der Waals surface area contributed by atoms with Crippen molar-refractivity contribution < 1.29 is 9.84 Å². The predicted molar refractivity (Wildman–Crippen MR) is 98.2 cm³/mol. The second-order valence-electron chi connectivity index (χ2n) is 6.51. The highest BCUT2D eigenvalue weighted by atomic mass is 16.5. The van der Waals surface area contributed by atoms with Crippen molar-refractivity contribution in [3.05, 3.63) is 29.8 Å². The van der Waals surface area contributed by atoms with Crippen molar-refractivity contribution in [1.29, 1.82) is 0 Å². The third-order valence-corrected chi connectivity index (χ3v) is 4.10. The third kappa shape index (κ3) is 9.62. The molecular weight excluding hydrogens is 286 g/mol. The first kappa shape index (κ1) is 20.0. The number of aliphatic hydroxyl groups excluding tert-OH is 1. The van der Waals surface area contributed by atoms with E-state index >= 15 is 0 Å². The number of ether oxygens (including phenoxy) is 1. The van der Waals surface area contributed by atoms with E-state index in [1.807, 2.05) is 12.1 Å². The lowest BCUT2D eigenvalue weighted by atomic mass is 10.1. The second-order valence-corrected chi connectivity index (χ2v) is 6.51. The molecule has 0 unspecified atom stereocenters. The maximum atomic E-state index is 10.2. The van der Waals surface area contributed by atoms with Crippen LogP contribution in [0.2, 0.25) is 0 Å². The molecule has 2 N–H and O–H groups in total. The van der Waals surface area contributed by atoms with E-state index in [1.54, 1.807) is 0 Å². The molecule has 1 aromatic carbocycles. The van der Waals surface area contributed by atoms with Crippen LogP contribution in [0, 0.1) is 0 Å². The average molecular weight is 322 g/mol. The Morgan fingerprint density at radius 2 is 1.74 bits per heavy atom. The van der Waals surface area contributed by atoms with Gasteiger partial charge in [0.25, 0.3) is 0 Å². The van der Waals surface area contributed by atoms with Gasteiger partial charge in [-0.05, 0) is 43.9 Å². The zero-order valence-corrected chi connectivity index (χ0v) is 15.2. The summed E-state index contributed by atoms with van der Waals surface area (Å²) in [6, 6.07) is 8.58. The summed E-state index contributed by atoms with van der Waals surface area (Å²) < 4.78 is 5.66. The van der Waals surface area contributed by atoms with Crippen molar-refractivity contribution in [3.8, 4) is 5.75 Å². The third-order valence-electron chi connectivity index (χ3n) is 4.10. The van der Waals surface area contributed by atoms with E-state index in [-0.39, 0.29) is 6.10 Å². The Bertz CT molecular complexity index is 391. The van der Waals surface area contributed by atoms with Gasteiger partial charge >= 0.3 is 0 Å². The summed E-state index contributed by atoms with van der Waals surface area (Å²) in [4.78, 5) is 0. The van der Waals surface area contributed by atoms with E-state index in [0.29, 0.717) is 19.0 Å². The van der Waals surface area contributed by atoms with E-state index in [2.05, 4.69) is 38.2 Å². The van der Waals surface area contributed by atoms with Gasteiger partial charge in [0, 0.05) is 12.6 Å². The first-order chi connectivity index (χ1) is 11.2. The van der Waals surface area contributed by atoms with Crippen LogP contribution in [0.15, 0.2) is 24.3 Å². The molecule has 1 rings (SSSR count). The SMILES string of the molecule is CCCCC[C@@H](C)NC[C@H](O)Cc1ccc(OCCCC)cc1. The molecule has 0 saturated carbocycles. The highest BCUT2D eigenvalue weighted by molar-refractivity contribution is 5.27. The van der Waals surface area contributed by atoms with Gasteiger partial charge in [-0.3, -0.25) is 0 Å². The van der Waals surface area contributed by atoms with E-state index in [1.165, 1.54) is 25.7 Å². The van der Waals surface area contributed by atoms with Gasteiger partial charge in [0.05, 0.1) is 12.7 Å². The van der Waals surface area contributed by atoms with Gasteiger partial charge in [0.15, 0.2) is 0 Å². The summed E-state index contributed by atoms with van der Waals surface area (Å²) in [7, 11) is 0. The molecule has 0 radical (unpaired) electrons. The molecule has 3 heteroatoms.